The Balaban J connectivity index is 1.66. The Labute approximate surface area is 134 Å². The fourth-order valence-corrected chi connectivity index (χ4v) is 2.76. The third-order valence-corrected chi connectivity index (χ3v) is 3.91. The smallest absolute Gasteiger partial charge is 0.234 e. The largest absolute Gasteiger partial charge is 0.350 e. The second-order valence-corrected chi connectivity index (χ2v) is 7.15. The van der Waals surface area contributed by atoms with Crippen LogP contribution in [0.5, 0.6) is 0 Å². The van der Waals surface area contributed by atoms with Crippen molar-refractivity contribution >= 4 is 5.91 Å². The molecule has 22 heavy (non-hydrogen) atoms. The van der Waals surface area contributed by atoms with Gasteiger partial charge in [-0.25, -0.2) is 0 Å². The average molecular weight is 303 g/mol. The molecule has 2 rings (SSSR count). The summed E-state index contributed by atoms with van der Waals surface area (Å²) in [6.07, 6.45) is 1.10. The molecule has 0 radical (unpaired) electrons. The number of piperazine rings is 1. The maximum absolute atomic E-state index is 12.0. The topological polar surface area (TPSA) is 35.6 Å². The SMILES string of the molecule is CC(C)(C)NC(=O)CN1CCN(CCc2ccccc2)CC1. The quantitative estimate of drug-likeness (QED) is 0.900. The predicted octanol–water partition coefficient (Wildman–Crippen LogP) is 1.76. The Kier molecular flexibility index (Phi) is 5.98. The zero-order chi connectivity index (χ0) is 16.0. The maximum atomic E-state index is 12.0. The molecule has 1 saturated heterocycles. The van der Waals surface area contributed by atoms with E-state index in [1.54, 1.807) is 0 Å². The molecule has 4 nitrogen and oxygen atoms in total. The second-order valence-electron chi connectivity index (χ2n) is 7.15. The van der Waals surface area contributed by atoms with Crippen LogP contribution in [0.25, 0.3) is 0 Å². The summed E-state index contributed by atoms with van der Waals surface area (Å²) in [7, 11) is 0. The lowest BCUT2D eigenvalue weighted by molar-refractivity contribution is -0.124. The van der Waals surface area contributed by atoms with Crippen LogP contribution in [0.15, 0.2) is 30.3 Å². The van der Waals surface area contributed by atoms with Crippen LogP contribution in [-0.4, -0.2) is 60.5 Å². The molecule has 0 aromatic heterocycles. The van der Waals surface area contributed by atoms with Crippen molar-refractivity contribution in [1.29, 1.82) is 0 Å². The van der Waals surface area contributed by atoms with Crippen molar-refractivity contribution in [3.63, 3.8) is 0 Å². The molecule has 1 heterocycles. The summed E-state index contributed by atoms with van der Waals surface area (Å²) in [5, 5.41) is 3.03. The summed E-state index contributed by atoms with van der Waals surface area (Å²) in [4.78, 5) is 16.7. The van der Waals surface area contributed by atoms with Gasteiger partial charge in [-0.15, -0.1) is 0 Å². The van der Waals surface area contributed by atoms with Crippen LogP contribution in [0.4, 0.5) is 0 Å². The van der Waals surface area contributed by atoms with E-state index in [4.69, 9.17) is 0 Å². The summed E-state index contributed by atoms with van der Waals surface area (Å²) in [5.74, 6) is 0.130. The number of nitrogens with one attached hydrogen (secondary N) is 1. The number of carbonyl (C=O) groups excluding carboxylic acids is 1. The van der Waals surface area contributed by atoms with Gasteiger partial charge in [-0.1, -0.05) is 30.3 Å². The standard InChI is InChI=1S/C18H29N3O/c1-18(2,3)19-17(22)15-21-13-11-20(12-14-21)10-9-16-7-5-4-6-8-16/h4-8H,9-15H2,1-3H3,(H,19,22). The van der Waals surface area contributed by atoms with Crippen molar-refractivity contribution in [1.82, 2.24) is 15.1 Å². The van der Waals surface area contributed by atoms with Crippen molar-refractivity contribution in [2.75, 3.05) is 39.3 Å². The summed E-state index contributed by atoms with van der Waals surface area (Å²) in [6, 6.07) is 10.6. The number of rotatable bonds is 5. The van der Waals surface area contributed by atoms with E-state index >= 15 is 0 Å². The molecule has 122 valence electrons. The van der Waals surface area contributed by atoms with Crippen LogP contribution in [0.1, 0.15) is 26.3 Å². The Bertz CT molecular complexity index is 459. The predicted molar refractivity (Wildman–Crippen MR) is 90.9 cm³/mol. The third kappa shape index (κ3) is 6.16. The number of hydrogen-bond donors (Lipinski definition) is 1. The Morgan fingerprint density at radius 1 is 1.05 bits per heavy atom. The Hall–Kier alpha value is -1.39. The Morgan fingerprint density at radius 2 is 1.64 bits per heavy atom. The van der Waals surface area contributed by atoms with E-state index in [1.807, 2.05) is 20.8 Å². The molecule has 0 saturated carbocycles. The molecule has 4 heteroatoms. The van der Waals surface area contributed by atoms with Gasteiger partial charge in [0.25, 0.3) is 0 Å². The number of nitrogens with zero attached hydrogens (tertiary/aromatic N) is 2. The monoisotopic (exact) mass is 303 g/mol. The first-order valence-electron chi connectivity index (χ1n) is 8.22. The van der Waals surface area contributed by atoms with Crippen molar-refractivity contribution in [2.45, 2.75) is 32.7 Å². The first-order chi connectivity index (χ1) is 10.4. The molecule has 1 fully saturated rings. The van der Waals surface area contributed by atoms with Crippen molar-refractivity contribution in [2.24, 2.45) is 0 Å². The number of carbonyl (C=O) groups is 1. The minimum Gasteiger partial charge on any atom is -0.350 e. The van der Waals surface area contributed by atoms with E-state index in [2.05, 4.69) is 45.4 Å². The molecular formula is C18H29N3O. The molecule has 1 aromatic carbocycles. The van der Waals surface area contributed by atoms with E-state index in [0.29, 0.717) is 6.54 Å². The fourth-order valence-electron chi connectivity index (χ4n) is 2.76. The van der Waals surface area contributed by atoms with E-state index in [9.17, 15) is 4.79 Å². The molecule has 0 aliphatic carbocycles. The lowest BCUT2D eigenvalue weighted by atomic mass is 10.1. The van der Waals surface area contributed by atoms with Gasteiger partial charge >= 0.3 is 0 Å². The van der Waals surface area contributed by atoms with E-state index in [1.165, 1.54) is 5.56 Å². The van der Waals surface area contributed by atoms with Gasteiger partial charge in [0.15, 0.2) is 0 Å². The number of benzene rings is 1. The minimum atomic E-state index is -0.144. The highest BCUT2D eigenvalue weighted by atomic mass is 16.2. The van der Waals surface area contributed by atoms with Crippen molar-refractivity contribution in [3.05, 3.63) is 35.9 Å². The second kappa shape index (κ2) is 7.75. The lowest BCUT2D eigenvalue weighted by Gasteiger charge is -2.34. The van der Waals surface area contributed by atoms with Crippen LogP contribution in [-0.2, 0) is 11.2 Å². The van der Waals surface area contributed by atoms with Crippen LogP contribution in [0, 0.1) is 0 Å². The number of hydrogen-bond acceptors (Lipinski definition) is 3. The molecule has 0 atom stereocenters. The number of amides is 1. The van der Waals surface area contributed by atoms with E-state index < -0.39 is 0 Å². The molecule has 1 aliphatic heterocycles. The lowest BCUT2D eigenvalue weighted by Crippen LogP contribution is -2.51. The van der Waals surface area contributed by atoms with Gasteiger partial charge in [-0.2, -0.15) is 0 Å². The summed E-state index contributed by atoms with van der Waals surface area (Å²) >= 11 is 0. The van der Waals surface area contributed by atoms with Crippen LogP contribution < -0.4 is 5.32 Å². The highest BCUT2D eigenvalue weighted by Gasteiger charge is 2.20. The van der Waals surface area contributed by atoms with Crippen LogP contribution in [0.3, 0.4) is 0 Å². The minimum absolute atomic E-state index is 0.130. The summed E-state index contributed by atoms with van der Waals surface area (Å²) < 4.78 is 0. The van der Waals surface area contributed by atoms with Gasteiger partial charge in [-0.05, 0) is 32.8 Å². The van der Waals surface area contributed by atoms with Crippen LogP contribution >= 0.6 is 0 Å². The molecule has 1 amide bonds. The molecular weight excluding hydrogens is 274 g/mol. The average Bonchev–Trinajstić information content (AvgIpc) is 2.45. The zero-order valence-electron chi connectivity index (χ0n) is 14.1. The zero-order valence-corrected chi connectivity index (χ0v) is 14.1. The van der Waals surface area contributed by atoms with Gasteiger partial charge in [0.2, 0.25) is 5.91 Å². The van der Waals surface area contributed by atoms with Crippen molar-refractivity contribution < 1.29 is 4.79 Å². The normalized spacial score (nSPS) is 17.4. The van der Waals surface area contributed by atoms with Gasteiger partial charge in [0.05, 0.1) is 6.54 Å². The van der Waals surface area contributed by atoms with Gasteiger partial charge in [0.1, 0.15) is 0 Å². The molecule has 1 aromatic rings. The summed E-state index contributed by atoms with van der Waals surface area (Å²) in [5.41, 5.74) is 1.25. The fraction of sp³-hybridized carbons (Fsp3) is 0.611. The molecule has 0 spiro atoms. The highest BCUT2D eigenvalue weighted by molar-refractivity contribution is 5.78. The highest BCUT2D eigenvalue weighted by Crippen LogP contribution is 2.06. The molecule has 1 aliphatic rings. The molecule has 0 unspecified atom stereocenters. The van der Waals surface area contributed by atoms with E-state index in [-0.39, 0.29) is 11.4 Å². The Morgan fingerprint density at radius 3 is 2.23 bits per heavy atom. The first-order valence-corrected chi connectivity index (χ1v) is 8.22. The van der Waals surface area contributed by atoms with E-state index in [0.717, 1.165) is 39.1 Å². The van der Waals surface area contributed by atoms with Crippen LogP contribution in [0.2, 0.25) is 0 Å². The summed E-state index contributed by atoms with van der Waals surface area (Å²) in [6.45, 7) is 11.7. The van der Waals surface area contributed by atoms with Gasteiger partial charge < -0.3 is 10.2 Å². The van der Waals surface area contributed by atoms with Crippen molar-refractivity contribution in [3.8, 4) is 0 Å². The van der Waals surface area contributed by atoms with Gasteiger partial charge in [0, 0.05) is 38.3 Å². The molecule has 1 N–H and O–H groups in total. The molecule has 0 bridgehead atoms. The van der Waals surface area contributed by atoms with Gasteiger partial charge in [-0.3, -0.25) is 9.69 Å². The third-order valence-electron chi connectivity index (χ3n) is 3.91. The maximum Gasteiger partial charge on any atom is 0.234 e. The first kappa shape index (κ1) is 17.0.